The quantitative estimate of drug-likeness (QED) is 0.138. The molecule has 1 heteroatoms. The van der Waals surface area contributed by atoms with Gasteiger partial charge in [-0.1, -0.05) is 224 Å². The van der Waals surface area contributed by atoms with Gasteiger partial charge in [-0.25, -0.2) is 0 Å². The fourth-order valence-electron chi connectivity index (χ4n) is 10.3. The lowest BCUT2D eigenvalue weighted by atomic mass is 9.83. The molecule has 304 valence electrons. The lowest BCUT2D eigenvalue weighted by molar-refractivity contribution is 1.28. The summed E-state index contributed by atoms with van der Waals surface area (Å²) in [6.07, 6.45) is 0. The van der Waals surface area contributed by atoms with Crippen LogP contribution in [0, 0.1) is 0 Å². The third-order valence-corrected chi connectivity index (χ3v) is 13.0. The SMILES string of the molecule is c1ccc(-c2ccccc2-c2c3ccccc3c(-c3ccc(-c4c5ccccc5c(-c5cccc(N(c6ccccc6)c6ccccc6)c5)c5ccccc45)cc3)c3ccccc23)cc1. The number of fused-ring (bicyclic) bond motifs is 4. The van der Waals surface area contributed by atoms with Crippen LogP contribution in [0.25, 0.3) is 98.7 Å². The Balaban J connectivity index is 1.02. The van der Waals surface area contributed by atoms with Crippen LogP contribution < -0.4 is 4.90 Å². The Bertz CT molecular complexity index is 3530. The molecular weight excluding hydrogens is 783 g/mol. The fraction of sp³-hybridized carbons (Fsp3) is 0. The Kier molecular flexibility index (Phi) is 9.58. The molecule has 12 rings (SSSR count). The van der Waals surface area contributed by atoms with Crippen molar-refractivity contribution in [1.82, 2.24) is 0 Å². The van der Waals surface area contributed by atoms with E-state index in [9.17, 15) is 0 Å². The topological polar surface area (TPSA) is 3.24 Å². The summed E-state index contributed by atoms with van der Waals surface area (Å²) in [5.41, 5.74) is 15.7. The molecule has 0 saturated carbocycles. The van der Waals surface area contributed by atoms with Gasteiger partial charge in [0.25, 0.3) is 0 Å². The first-order valence-corrected chi connectivity index (χ1v) is 22.4. The maximum absolute atomic E-state index is 2.35. The Morgan fingerprint density at radius 1 is 0.185 bits per heavy atom. The molecule has 0 amide bonds. The normalized spacial score (nSPS) is 11.4. The van der Waals surface area contributed by atoms with Crippen molar-refractivity contribution in [2.24, 2.45) is 0 Å². The van der Waals surface area contributed by atoms with E-state index in [2.05, 4.69) is 266 Å². The van der Waals surface area contributed by atoms with Crippen LogP contribution >= 0.6 is 0 Å². The van der Waals surface area contributed by atoms with E-state index in [1.54, 1.807) is 0 Å². The van der Waals surface area contributed by atoms with Gasteiger partial charge < -0.3 is 4.90 Å². The van der Waals surface area contributed by atoms with E-state index >= 15 is 0 Å². The maximum Gasteiger partial charge on any atom is 0.0467 e. The molecule has 0 atom stereocenters. The summed E-state index contributed by atoms with van der Waals surface area (Å²) in [5.74, 6) is 0. The summed E-state index contributed by atoms with van der Waals surface area (Å²) in [5, 5.41) is 9.93. The summed E-state index contributed by atoms with van der Waals surface area (Å²) in [7, 11) is 0. The third-order valence-electron chi connectivity index (χ3n) is 13.0. The van der Waals surface area contributed by atoms with Crippen molar-refractivity contribution in [3.8, 4) is 55.6 Å². The van der Waals surface area contributed by atoms with Gasteiger partial charge >= 0.3 is 0 Å². The summed E-state index contributed by atoms with van der Waals surface area (Å²) in [4.78, 5) is 2.34. The zero-order valence-corrected chi connectivity index (χ0v) is 35.8. The van der Waals surface area contributed by atoms with Gasteiger partial charge in [-0.3, -0.25) is 0 Å². The first kappa shape index (κ1) is 38.2. The minimum absolute atomic E-state index is 1.11. The average Bonchev–Trinajstić information content (AvgIpc) is 3.38. The van der Waals surface area contributed by atoms with E-state index in [-0.39, 0.29) is 0 Å². The standard InChI is InChI=1S/C64H43N/c1-4-21-44(22-5-1)51-29-10-11-30-52(51)64-59-37-18-16-35-57(59)62(58-36-17-19-38-60(58)64)46-41-39-45(40-42-46)61-53-31-12-14-33-55(53)63(56-34-15-13-32-54(56)61)47-23-20-28-50(43-47)65(48-24-6-2-7-25-48)49-26-8-3-9-27-49/h1-43H. The number of hydrogen-bond donors (Lipinski definition) is 0. The minimum Gasteiger partial charge on any atom is -0.310 e. The molecule has 12 aromatic rings. The number of hydrogen-bond acceptors (Lipinski definition) is 1. The Morgan fingerprint density at radius 3 is 0.923 bits per heavy atom. The maximum atomic E-state index is 2.35. The van der Waals surface area contributed by atoms with E-state index in [4.69, 9.17) is 0 Å². The Morgan fingerprint density at radius 2 is 0.492 bits per heavy atom. The number of benzene rings is 12. The van der Waals surface area contributed by atoms with Crippen LogP contribution in [0.2, 0.25) is 0 Å². The number of rotatable bonds is 8. The second-order valence-corrected chi connectivity index (χ2v) is 16.7. The average molecular weight is 826 g/mol. The molecule has 0 aliphatic rings. The van der Waals surface area contributed by atoms with Crippen molar-refractivity contribution in [3.63, 3.8) is 0 Å². The molecule has 0 fully saturated rings. The highest BCUT2D eigenvalue weighted by molar-refractivity contribution is 6.24. The highest BCUT2D eigenvalue weighted by Gasteiger charge is 2.21. The largest absolute Gasteiger partial charge is 0.310 e. The van der Waals surface area contributed by atoms with E-state index in [1.165, 1.54) is 98.7 Å². The van der Waals surface area contributed by atoms with Gasteiger partial charge in [-0.05, 0) is 135 Å². The van der Waals surface area contributed by atoms with E-state index in [1.807, 2.05) is 0 Å². The van der Waals surface area contributed by atoms with Gasteiger partial charge in [0.15, 0.2) is 0 Å². The van der Waals surface area contributed by atoms with E-state index < -0.39 is 0 Å². The van der Waals surface area contributed by atoms with Gasteiger partial charge in [-0.2, -0.15) is 0 Å². The number of anilines is 3. The van der Waals surface area contributed by atoms with Gasteiger partial charge in [0.2, 0.25) is 0 Å². The van der Waals surface area contributed by atoms with Crippen LogP contribution in [0.1, 0.15) is 0 Å². The molecule has 0 spiro atoms. The molecule has 65 heavy (non-hydrogen) atoms. The van der Waals surface area contributed by atoms with Crippen molar-refractivity contribution in [1.29, 1.82) is 0 Å². The molecule has 0 saturated heterocycles. The summed E-state index contributed by atoms with van der Waals surface area (Å²) in [6.45, 7) is 0. The summed E-state index contributed by atoms with van der Waals surface area (Å²) >= 11 is 0. The summed E-state index contributed by atoms with van der Waals surface area (Å²) < 4.78 is 0. The smallest absolute Gasteiger partial charge is 0.0467 e. The van der Waals surface area contributed by atoms with Crippen LogP contribution in [0.3, 0.4) is 0 Å². The predicted molar refractivity (Wildman–Crippen MR) is 278 cm³/mol. The highest BCUT2D eigenvalue weighted by atomic mass is 15.1. The number of para-hydroxylation sites is 2. The van der Waals surface area contributed by atoms with Crippen LogP contribution in [0.4, 0.5) is 17.1 Å². The van der Waals surface area contributed by atoms with Crippen LogP contribution in [0.5, 0.6) is 0 Å². The van der Waals surface area contributed by atoms with Gasteiger partial charge in [0.1, 0.15) is 0 Å². The molecular formula is C64H43N. The van der Waals surface area contributed by atoms with Crippen molar-refractivity contribution in [2.75, 3.05) is 4.90 Å². The van der Waals surface area contributed by atoms with Crippen molar-refractivity contribution in [2.45, 2.75) is 0 Å². The molecule has 0 aliphatic carbocycles. The second kappa shape index (κ2) is 16.3. The van der Waals surface area contributed by atoms with Crippen molar-refractivity contribution >= 4 is 60.2 Å². The minimum atomic E-state index is 1.11. The van der Waals surface area contributed by atoms with Gasteiger partial charge in [0.05, 0.1) is 0 Å². The zero-order valence-electron chi connectivity index (χ0n) is 35.8. The molecule has 12 aromatic carbocycles. The van der Waals surface area contributed by atoms with E-state index in [0.717, 1.165) is 17.1 Å². The number of nitrogens with zero attached hydrogens (tertiary/aromatic N) is 1. The predicted octanol–water partition coefficient (Wildman–Crippen LogP) is 18.1. The Hall–Kier alpha value is -8.52. The molecule has 1 nitrogen and oxygen atoms in total. The lowest BCUT2D eigenvalue weighted by Crippen LogP contribution is -2.09. The fourth-order valence-corrected chi connectivity index (χ4v) is 10.3. The van der Waals surface area contributed by atoms with Crippen LogP contribution in [-0.2, 0) is 0 Å². The van der Waals surface area contributed by atoms with Crippen molar-refractivity contribution < 1.29 is 0 Å². The van der Waals surface area contributed by atoms with Gasteiger partial charge in [-0.15, -0.1) is 0 Å². The van der Waals surface area contributed by atoms with Crippen molar-refractivity contribution in [3.05, 3.63) is 261 Å². The zero-order chi connectivity index (χ0) is 43.1. The second-order valence-electron chi connectivity index (χ2n) is 16.7. The molecule has 0 heterocycles. The molecule has 0 N–H and O–H groups in total. The lowest BCUT2D eigenvalue weighted by Gasteiger charge is -2.26. The van der Waals surface area contributed by atoms with Crippen LogP contribution in [-0.4, -0.2) is 0 Å². The monoisotopic (exact) mass is 825 g/mol. The molecule has 0 unspecified atom stereocenters. The Labute approximate surface area is 379 Å². The molecule has 0 bridgehead atoms. The van der Waals surface area contributed by atoms with Gasteiger partial charge in [0, 0.05) is 17.1 Å². The first-order chi connectivity index (χ1) is 32.3. The highest BCUT2D eigenvalue weighted by Crippen LogP contribution is 2.48. The van der Waals surface area contributed by atoms with Crippen LogP contribution in [0.15, 0.2) is 261 Å². The third kappa shape index (κ3) is 6.65. The molecule has 0 aliphatic heterocycles. The van der Waals surface area contributed by atoms with E-state index in [0.29, 0.717) is 0 Å². The summed E-state index contributed by atoms with van der Waals surface area (Å²) in [6, 6.07) is 95.1. The first-order valence-electron chi connectivity index (χ1n) is 22.4. The molecule has 0 radical (unpaired) electrons. The molecule has 0 aromatic heterocycles.